The highest BCUT2D eigenvalue weighted by atomic mass is 16.7. The smallest absolute Gasteiger partial charge is 0.319 e. The van der Waals surface area contributed by atoms with Gasteiger partial charge in [-0.3, -0.25) is 0 Å². The van der Waals surface area contributed by atoms with Crippen LogP contribution in [-0.2, 0) is 14.9 Å². The third-order valence-corrected chi connectivity index (χ3v) is 3.47. The van der Waals surface area contributed by atoms with Crippen LogP contribution in [-0.4, -0.2) is 37.1 Å². The number of urea groups is 1. The molecule has 0 aliphatic carbocycles. The van der Waals surface area contributed by atoms with E-state index < -0.39 is 0 Å². The topological polar surface area (TPSA) is 85.6 Å². The van der Waals surface area contributed by atoms with E-state index >= 15 is 0 Å². The Morgan fingerprint density at radius 1 is 1.39 bits per heavy atom. The Labute approximate surface area is 134 Å². The zero-order valence-electron chi connectivity index (χ0n) is 13.5. The van der Waals surface area contributed by atoms with E-state index in [4.69, 9.17) is 13.9 Å². The van der Waals surface area contributed by atoms with Gasteiger partial charge < -0.3 is 24.5 Å². The van der Waals surface area contributed by atoms with Gasteiger partial charge >= 0.3 is 6.03 Å². The molecule has 1 aliphatic heterocycles. The van der Waals surface area contributed by atoms with Crippen LogP contribution in [0.25, 0.3) is 11.1 Å². The molecule has 1 aromatic heterocycles. The Morgan fingerprint density at radius 3 is 2.91 bits per heavy atom. The van der Waals surface area contributed by atoms with Gasteiger partial charge in [0.05, 0.1) is 6.61 Å². The van der Waals surface area contributed by atoms with Crippen molar-refractivity contribution in [1.82, 2.24) is 10.3 Å². The Balaban J connectivity index is 1.64. The maximum absolute atomic E-state index is 11.9. The number of hydrogen-bond acceptors (Lipinski definition) is 5. The average molecular weight is 319 g/mol. The fraction of sp³-hybridized carbons (Fsp3) is 0.500. The van der Waals surface area contributed by atoms with Gasteiger partial charge in [0.1, 0.15) is 18.4 Å². The minimum absolute atomic E-state index is 0.0897. The number of benzene rings is 1. The molecule has 1 aliphatic rings. The molecule has 124 valence electrons. The molecule has 7 nitrogen and oxygen atoms in total. The van der Waals surface area contributed by atoms with Crippen molar-refractivity contribution in [2.45, 2.75) is 32.3 Å². The van der Waals surface area contributed by atoms with Crippen LogP contribution < -0.4 is 10.6 Å². The summed E-state index contributed by atoms with van der Waals surface area (Å²) in [5, 5.41) is 5.53. The normalized spacial score (nSPS) is 18.3. The maximum Gasteiger partial charge on any atom is 0.319 e. The Morgan fingerprint density at radius 2 is 2.22 bits per heavy atom. The number of anilines is 1. The number of nitrogens with zero attached hydrogens (tertiary/aromatic N) is 1. The number of fused-ring (bicyclic) bond motifs is 1. The zero-order valence-corrected chi connectivity index (χ0v) is 13.5. The summed E-state index contributed by atoms with van der Waals surface area (Å²) in [7, 11) is 0. The van der Waals surface area contributed by atoms with Crippen LogP contribution in [0.2, 0.25) is 0 Å². The first-order chi connectivity index (χ1) is 10.9. The Bertz CT molecular complexity index is 699. The minimum Gasteiger partial charge on any atom is -0.440 e. The van der Waals surface area contributed by atoms with Gasteiger partial charge in [-0.1, -0.05) is 20.8 Å². The van der Waals surface area contributed by atoms with Gasteiger partial charge in [-0.2, -0.15) is 0 Å². The summed E-state index contributed by atoms with van der Waals surface area (Å²) in [5.41, 5.74) is 1.93. The highest BCUT2D eigenvalue weighted by molar-refractivity contribution is 5.91. The fourth-order valence-electron chi connectivity index (χ4n) is 2.20. The molecule has 0 spiro atoms. The van der Waals surface area contributed by atoms with Gasteiger partial charge in [0.2, 0.25) is 5.89 Å². The summed E-state index contributed by atoms with van der Waals surface area (Å²) < 4.78 is 16.1. The average Bonchev–Trinajstić information content (AvgIpc) is 3.13. The number of hydrogen-bond donors (Lipinski definition) is 2. The molecule has 2 aromatic rings. The third kappa shape index (κ3) is 3.80. The third-order valence-electron chi connectivity index (χ3n) is 3.47. The summed E-state index contributed by atoms with van der Waals surface area (Å²) in [5.74, 6) is 0.674. The van der Waals surface area contributed by atoms with Crippen LogP contribution in [0.3, 0.4) is 0 Å². The summed E-state index contributed by atoms with van der Waals surface area (Å²) in [4.78, 5) is 16.4. The molecule has 2 amide bonds. The molecule has 1 fully saturated rings. The van der Waals surface area contributed by atoms with Crippen molar-refractivity contribution in [2.24, 2.45) is 0 Å². The number of carbonyl (C=O) groups is 1. The van der Waals surface area contributed by atoms with Crippen molar-refractivity contribution >= 4 is 22.8 Å². The van der Waals surface area contributed by atoms with Crippen LogP contribution in [0, 0.1) is 0 Å². The number of oxazole rings is 1. The highest BCUT2D eigenvalue weighted by Crippen LogP contribution is 2.27. The van der Waals surface area contributed by atoms with Gasteiger partial charge in [-0.15, -0.1) is 0 Å². The van der Waals surface area contributed by atoms with Crippen LogP contribution in [0.15, 0.2) is 22.6 Å². The number of rotatable bonds is 3. The molecular formula is C16H21N3O4. The zero-order chi connectivity index (χ0) is 16.4. The van der Waals surface area contributed by atoms with E-state index in [-0.39, 0.29) is 24.3 Å². The molecule has 0 bridgehead atoms. The summed E-state index contributed by atoms with van der Waals surface area (Å²) in [6, 6.07) is 5.10. The first-order valence-corrected chi connectivity index (χ1v) is 7.57. The van der Waals surface area contributed by atoms with E-state index in [1.807, 2.05) is 20.8 Å². The molecule has 1 saturated heterocycles. The lowest BCUT2D eigenvalue weighted by atomic mass is 9.97. The SMILES string of the molecule is CC(C)(C)c1nc2cc(NC(=O)NC[C@@H]3COCO3)ccc2o1. The Hall–Kier alpha value is -2.12. The predicted octanol–water partition coefficient (Wildman–Crippen LogP) is 2.62. The monoisotopic (exact) mass is 319 g/mol. The van der Waals surface area contributed by atoms with Gasteiger partial charge in [-0.25, -0.2) is 9.78 Å². The standard InChI is InChI=1S/C16H21N3O4/c1-16(2,3)14-19-12-6-10(4-5-13(12)23-14)18-15(20)17-7-11-8-21-9-22-11/h4-6,11H,7-9H2,1-3H3,(H2,17,18,20)/t11-/m1/s1. The first kappa shape index (κ1) is 15.8. The predicted molar refractivity (Wildman–Crippen MR) is 85.4 cm³/mol. The fourth-order valence-corrected chi connectivity index (χ4v) is 2.20. The first-order valence-electron chi connectivity index (χ1n) is 7.57. The van der Waals surface area contributed by atoms with Crippen molar-refractivity contribution in [1.29, 1.82) is 0 Å². The molecule has 0 unspecified atom stereocenters. The molecule has 23 heavy (non-hydrogen) atoms. The quantitative estimate of drug-likeness (QED) is 0.908. The summed E-state index contributed by atoms with van der Waals surface area (Å²) in [6.07, 6.45) is -0.0897. The lowest BCUT2D eigenvalue weighted by Gasteiger charge is -2.11. The van der Waals surface area contributed by atoms with E-state index in [2.05, 4.69) is 15.6 Å². The molecule has 7 heteroatoms. The molecular weight excluding hydrogens is 298 g/mol. The van der Waals surface area contributed by atoms with Crippen LogP contribution in [0.4, 0.5) is 10.5 Å². The van der Waals surface area contributed by atoms with Crippen molar-refractivity contribution < 1.29 is 18.7 Å². The molecule has 2 heterocycles. The number of amides is 2. The molecule has 3 rings (SSSR count). The van der Waals surface area contributed by atoms with Gasteiger partial charge in [-0.05, 0) is 18.2 Å². The molecule has 0 saturated carbocycles. The van der Waals surface area contributed by atoms with Gasteiger partial charge in [0, 0.05) is 17.6 Å². The van der Waals surface area contributed by atoms with Crippen LogP contribution in [0.5, 0.6) is 0 Å². The Kier molecular flexibility index (Phi) is 4.23. The largest absolute Gasteiger partial charge is 0.440 e. The minimum atomic E-state index is -0.292. The molecule has 2 N–H and O–H groups in total. The lowest BCUT2D eigenvalue weighted by Crippen LogP contribution is -2.36. The van der Waals surface area contributed by atoms with E-state index in [0.717, 1.165) is 5.52 Å². The van der Waals surface area contributed by atoms with E-state index in [9.17, 15) is 4.79 Å². The second-order valence-corrected chi connectivity index (χ2v) is 6.56. The van der Waals surface area contributed by atoms with Crippen molar-refractivity contribution in [3.63, 3.8) is 0 Å². The number of ether oxygens (including phenoxy) is 2. The van der Waals surface area contributed by atoms with Crippen molar-refractivity contribution in [2.75, 3.05) is 25.3 Å². The summed E-state index contributed by atoms with van der Waals surface area (Å²) in [6.45, 7) is 7.32. The van der Waals surface area contributed by atoms with E-state index in [1.54, 1.807) is 18.2 Å². The molecule has 0 radical (unpaired) electrons. The summed E-state index contributed by atoms with van der Waals surface area (Å²) >= 11 is 0. The van der Waals surface area contributed by atoms with E-state index in [1.165, 1.54) is 0 Å². The molecule has 1 aromatic carbocycles. The van der Waals surface area contributed by atoms with E-state index in [0.29, 0.717) is 30.3 Å². The van der Waals surface area contributed by atoms with Gasteiger partial charge in [0.25, 0.3) is 0 Å². The second-order valence-electron chi connectivity index (χ2n) is 6.56. The lowest BCUT2D eigenvalue weighted by molar-refractivity contribution is 0.0476. The van der Waals surface area contributed by atoms with Crippen molar-refractivity contribution in [3.05, 3.63) is 24.1 Å². The highest BCUT2D eigenvalue weighted by Gasteiger charge is 2.21. The number of carbonyl (C=O) groups excluding carboxylic acids is 1. The van der Waals surface area contributed by atoms with Crippen molar-refractivity contribution in [3.8, 4) is 0 Å². The van der Waals surface area contributed by atoms with Crippen LogP contribution >= 0.6 is 0 Å². The number of aromatic nitrogens is 1. The second kappa shape index (κ2) is 6.17. The molecule has 1 atom stereocenters. The maximum atomic E-state index is 11.9. The number of nitrogens with one attached hydrogen (secondary N) is 2. The van der Waals surface area contributed by atoms with Gasteiger partial charge in [0.15, 0.2) is 5.58 Å². The van der Waals surface area contributed by atoms with Crippen LogP contribution in [0.1, 0.15) is 26.7 Å².